The second-order valence-corrected chi connectivity index (χ2v) is 5.12. The van der Waals surface area contributed by atoms with Crippen molar-refractivity contribution in [3.8, 4) is 11.5 Å². The number of hydrogen-bond donors (Lipinski definition) is 1. The number of benzene rings is 1. The van der Waals surface area contributed by atoms with E-state index < -0.39 is 0 Å². The second-order valence-electron chi connectivity index (χ2n) is 4.26. The lowest BCUT2D eigenvalue weighted by atomic mass is 9.91. The Morgan fingerprint density at radius 1 is 1.22 bits per heavy atom. The molecule has 1 atom stereocenters. The van der Waals surface area contributed by atoms with Crippen LogP contribution in [0, 0.1) is 0 Å². The molecule has 2 N–H and O–H groups in total. The Kier molecular flexibility index (Phi) is 6.50. The average molecular weight is 316 g/mol. The summed E-state index contributed by atoms with van der Waals surface area (Å²) in [6.45, 7) is 2.94. The molecule has 0 spiro atoms. The molecule has 0 fully saturated rings. The fourth-order valence-corrected chi connectivity index (χ4v) is 2.77. The molecular weight excluding hydrogens is 294 g/mol. The van der Waals surface area contributed by atoms with Gasteiger partial charge in [0.1, 0.15) is 0 Å². The third-order valence-electron chi connectivity index (χ3n) is 3.19. The molecule has 0 aliphatic rings. The summed E-state index contributed by atoms with van der Waals surface area (Å²) in [5, 5.41) is 0. The van der Waals surface area contributed by atoms with E-state index in [0.29, 0.717) is 5.92 Å². The molecule has 0 radical (unpaired) electrons. The van der Waals surface area contributed by atoms with Crippen molar-refractivity contribution in [1.29, 1.82) is 0 Å². The Bertz CT molecular complexity index is 382. The summed E-state index contributed by atoms with van der Waals surface area (Å²) in [4.78, 5) is 0. The highest BCUT2D eigenvalue weighted by Gasteiger charge is 2.16. The van der Waals surface area contributed by atoms with Gasteiger partial charge in [0.05, 0.1) is 14.2 Å². The van der Waals surface area contributed by atoms with Gasteiger partial charge in [-0.25, -0.2) is 0 Å². The highest BCUT2D eigenvalue weighted by molar-refractivity contribution is 9.10. The lowest BCUT2D eigenvalue weighted by molar-refractivity contribution is 0.353. The quantitative estimate of drug-likeness (QED) is 0.834. The van der Waals surface area contributed by atoms with E-state index in [1.807, 2.05) is 6.07 Å². The molecule has 1 aromatic carbocycles. The summed E-state index contributed by atoms with van der Waals surface area (Å²) in [5.74, 6) is 2.03. The van der Waals surface area contributed by atoms with Crippen LogP contribution in [0.15, 0.2) is 16.6 Å². The number of rotatable bonds is 7. The Balaban J connectivity index is 3.06. The molecule has 0 bridgehead atoms. The summed E-state index contributed by atoms with van der Waals surface area (Å²) in [7, 11) is 3.31. The third-order valence-corrected chi connectivity index (χ3v) is 3.88. The fraction of sp³-hybridized carbons (Fsp3) is 0.571. The molecule has 1 unspecified atom stereocenters. The van der Waals surface area contributed by atoms with Gasteiger partial charge in [0.25, 0.3) is 0 Å². The van der Waals surface area contributed by atoms with Crippen LogP contribution in [0.4, 0.5) is 0 Å². The minimum absolute atomic E-state index is 0.503. The number of hydrogen-bond acceptors (Lipinski definition) is 3. The van der Waals surface area contributed by atoms with Gasteiger partial charge in [0.2, 0.25) is 0 Å². The van der Waals surface area contributed by atoms with Crippen LogP contribution < -0.4 is 15.2 Å². The zero-order valence-electron chi connectivity index (χ0n) is 11.3. The maximum Gasteiger partial charge on any atom is 0.161 e. The normalized spacial score (nSPS) is 12.3. The van der Waals surface area contributed by atoms with Crippen LogP contribution >= 0.6 is 15.9 Å². The van der Waals surface area contributed by atoms with Crippen LogP contribution in [0.5, 0.6) is 11.5 Å². The molecule has 1 aromatic rings. The van der Waals surface area contributed by atoms with Crippen molar-refractivity contribution < 1.29 is 9.47 Å². The molecule has 1 rings (SSSR count). The summed E-state index contributed by atoms with van der Waals surface area (Å²) in [5.41, 5.74) is 6.86. The van der Waals surface area contributed by atoms with Crippen molar-refractivity contribution >= 4 is 15.9 Å². The zero-order chi connectivity index (χ0) is 13.5. The number of methoxy groups -OCH3 is 2. The minimum Gasteiger partial charge on any atom is -0.493 e. The third kappa shape index (κ3) is 3.62. The van der Waals surface area contributed by atoms with Gasteiger partial charge < -0.3 is 15.2 Å². The Labute approximate surface area is 118 Å². The van der Waals surface area contributed by atoms with Crippen LogP contribution in [0.3, 0.4) is 0 Å². The van der Waals surface area contributed by atoms with E-state index in [4.69, 9.17) is 15.2 Å². The van der Waals surface area contributed by atoms with Crippen LogP contribution in [-0.4, -0.2) is 20.8 Å². The van der Waals surface area contributed by atoms with Crippen molar-refractivity contribution in [2.45, 2.75) is 32.1 Å². The molecule has 18 heavy (non-hydrogen) atoms. The summed E-state index contributed by atoms with van der Waals surface area (Å²) in [6.07, 6.45) is 3.23. The van der Waals surface area contributed by atoms with Crippen molar-refractivity contribution in [2.24, 2.45) is 5.73 Å². The number of ether oxygens (including phenoxy) is 2. The van der Waals surface area contributed by atoms with Gasteiger partial charge in [-0.3, -0.25) is 0 Å². The second kappa shape index (κ2) is 7.64. The first kappa shape index (κ1) is 15.3. The van der Waals surface area contributed by atoms with Crippen molar-refractivity contribution in [3.05, 3.63) is 22.2 Å². The number of nitrogens with two attached hydrogens (primary N) is 1. The first-order valence-electron chi connectivity index (χ1n) is 6.29. The van der Waals surface area contributed by atoms with Gasteiger partial charge in [0, 0.05) is 4.47 Å². The SMILES string of the molecule is CCC(CCCN)c1cc(OC)c(OC)cc1Br. The van der Waals surface area contributed by atoms with Crippen LogP contribution in [-0.2, 0) is 0 Å². The standard InChI is InChI=1S/C14H22BrNO2/c1-4-10(6-5-7-16)11-8-13(17-2)14(18-3)9-12(11)15/h8-10H,4-7,16H2,1-3H3. The van der Waals surface area contributed by atoms with Gasteiger partial charge in [-0.2, -0.15) is 0 Å². The maximum atomic E-state index is 5.59. The first-order valence-corrected chi connectivity index (χ1v) is 7.08. The van der Waals surface area contributed by atoms with Gasteiger partial charge in [-0.05, 0) is 49.4 Å². The molecule has 4 heteroatoms. The van der Waals surface area contributed by atoms with Gasteiger partial charge >= 0.3 is 0 Å². The molecular formula is C14H22BrNO2. The van der Waals surface area contributed by atoms with Crippen molar-refractivity contribution in [3.63, 3.8) is 0 Å². The summed E-state index contributed by atoms with van der Waals surface area (Å²) in [6, 6.07) is 4.03. The van der Waals surface area contributed by atoms with E-state index in [2.05, 4.69) is 28.9 Å². The van der Waals surface area contributed by atoms with E-state index in [9.17, 15) is 0 Å². The van der Waals surface area contributed by atoms with Crippen molar-refractivity contribution in [1.82, 2.24) is 0 Å². The molecule has 0 saturated heterocycles. The molecule has 3 nitrogen and oxygen atoms in total. The predicted molar refractivity (Wildman–Crippen MR) is 78.6 cm³/mol. The van der Waals surface area contributed by atoms with Crippen LogP contribution in [0.1, 0.15) is 37.7 Å². The largest absolute Gasteiger partial charge is 0.493 e. The first-order chi connectivity index (χ1) is 8.67. The van der Waals surface area contributed by atoms with Gasteiger partial charge in [-0.15, -0.1) is 0 Å². The Morgan fingerprint density at radius 2 is 1.83 bits per heavy atom. The molecule has 0 aliphatic carbocycles. The minimum atomic E-state index is 0.503. The monoisotopic (exact) mass is 315 g/mol. The fourth-order valence-electron chi connectivity index (χ4n) is 2.13. The van der Waals surface area contributed by atoms with E-state index >= 15 is 0 Å². The highest BCUT2D eigenvalue weighted by atomic mass is 79.9. The average Bonchev–Trinajstić information content (AvgIpc) is 2.40. The Morgan fingerprint density at radius 3 is 2.33 bits per heavy atom. The lowest BCUT2D eigenvalue weighted by Gasteiger charge is -2.19. The maximum absolute atomic E-state index is 5.59. The van der Waals surface area contributed by atoms with Crippen LogP contribution in [0.25, 0.3) is 0 Å². The summed E-state index contributed by atoms with van der Waals surface area (Å²) < 4.78 is 11.7. The molecule has 102 valence electrons. The molecule has 0 aliphatic heterocycles. The van der Waals surface area contributed by atoms with E-state index in [-0.39, 0.29) is 0 Å². The van der Waals surface area contributed by atoms with Gasteiger partial charge in [-0.1, -0.05) is 22.9 Å². The lowest BCUT2D eigenvalue weighted by Crippen LogP contribution is -2.05. The van der Waals surface area contributed by atoms with E-state index in [0.717, 1.165) is 41.8 Å². The smallest absolute Gasteiger partial charge is 0.161 e. The molecule has 0 heterocycles. The van der Waals surface area contributed by atoms with Crippen molar-refractivity contribution in [2.75, 3.05) is 20.8 Å². The molecule has 0 saturated carbocycles. The zero-order valence-corrected chi connectivity index (χ0v) is 12.9. The molecule has 0 aromatic heterocycles. The molecule has 0 amide bonds. The number of halogens is 1. The Hall–Kier alpha value is -0.740. The predicted octanol–water partition coefficient (Wildman–Crippen LogP) is 3.70. The van der Waals surface area contributed by atoms with Crippen LogP contribution in [0.2, 0.25) is 0 Å². The van der Waals surface area contributed by atoms with E-state index in [1.54, 1.807) is 14.2 Å². The topological polar surface area (TPSA) is 44.5 Å². The van der Waals surface area contributed by atoms with E-state index in [1.165, 1.54) is 5.56 Å². The summed E-state index contributed by atoms with van der Waals surface area (Å²) >= 11 is 3.62. The highest BCUT2D eigenvalue weighted by Crippen LogP contribution is 2.38. The van der Waals surface area contributed by atoms with Gasteiger partial charge in [0.15, 0.2) is 11.5 Å².